The number of piperazine rings is 1. The van der Waals surface area contributed by atoms with Crippen LogP contribution in [0.5, 0.6) is 0 Å². The molecule has 1 aromatic heterocycles. The maximum Gasteiger partial charge on any atom is 0.319 e. The molecule has 3 N–H and O–H groups in total. The zero-order valence-electron chi connectivity index (χ0n) is 17.0. The van der Waals surface area contributed by atoms with Crippen molar-refractivity contribution in [3.8, 4) is 0 Å². The number of H-pyrrole nitrogens is 1. The molecular weight excluding hydrogens is 398 g/mol. The SMILES string of the molecule is Cl.NC(=O)N1C[C@@H](CCN2CCN(c3ccc4[nH]ccc4c3)CC2)c2ccccc21. The number of aromatic amines is 1. The number of aromatic nitrogens is 1. The minimum atomic E-state index is -0.354. The van der Waals surface area contributed by atoms with Gasteiger partial charge in [-0.3, -0.25) is 9.80 Å². The summed E-state index contributed by atoms with van der Waals surface area (Å²) in [4.78, 5) is 21.8. The van der Waals surface area contributed by atoms with Crippen molar-refractivity contribution >= 4 is 40.7 Å². The predicted molar refractivity (Wildman–Crippen MR) is 125 cm³/mol. The highest BCUT2D eigenvalue weighted by Crippen LogP contribution is 2.37. The van der Waals surface area contributed by atoms with Crippen LogP contribution in [0.2, 0.25) is 0 Å². The molecule has 158 valence electrons. The van der Waals surface area contributed by atoms with Crippen molar-refractivity contribution in [3.05, 3.63) is 60.3 Å². The molecule has 0 radical (unpaired) electrons. The molecule has 3 heterocycles. The third-order valence-electron chi connectivity index (χ3n) is 6.40. The van der Waals surface area contributed by atoms with Crippen molar-refractivity contribution < 1.29 is 4.79 Å². The monoisotopic (exact) mass is 425 g/mol. The topological polar surface area (TPSA) is 68.6 Å². The van der Waals surface area contributed by atoms with Gasteiger partial charge in [0.25, 0.3) is 0 Å². The highest BCUT2D eigenvalue weighted by atomic mass is 35.5. The molecule has 1 atom stereocenters. The fourth-order valence-corrected chi connectivity index (χ4v) is 4.76. The molecule has 30 heavy (non-hydrogen) atoms. The Balaban J connectivity index is 0.00000218. The van der Waals surface area contributed by atoms with E-state index < -0.39 is 0 Å². The van der Waals surface area contributed by atoms with Crippen molar-refractivity contribution in [1.82, 2.24) is 9.88 Å². The molecule has 7 heteroatoms. The van der Waals surface area contributed by atoms with Gasteiger partial charge in [-0.2, -0.15) is 0 Å². The Morgan fingerprint density at radius 1 is 1.07 bits per heavy atom. The molecule has 2 amide bonds. The molecule has 6 nitrogen and oxygen atoms in total. The summed E-state index contributed by atoms with van der Waals surface area (Å²) >= 11 is 0. The van der Waals surface area contributed by atoms with E-state index in [1.54, 1.807) is 4.90 Å². The number of hydrogen-bond acceptors (Lipinski definition) is 3. The van der Waals surface area contributed by atoms with Crippen molar-refractivity contribution in [3.63, 3.8) is 0 Å². The fraction of sp³-hybridized carbons (Fsp3) is 0.348. The van der Waals surface area contributed by atoms with Gasteiger partial charge in [-0.15, -0.1) is 12.4 Å². The lowest BCUT2D eigenvalue weighted by atomic mass is 9.97. The van der Waals surface area contributed by atoms with Crippen LogP contribution in [0.3, 0.4) is 0 Å². The fourth-order valence-electron chi connectivity index (χ4n) is 4.76. The summed E-state index contributed by atoms with van der Waals surface area (Å²) in [5.41, 5.74) is 10.3. The van der Waals surface area contributed by atoms with Gasteiger partial charge in [-0.1, -0.05) is 18.2 Å². The number of nitrogens with one attached hydrogen (secondary N) is 1. The minimum Gasteiger partial charge on any atom is -0.369 e. The van der Waals surface area contributed by atoms with Gasteiger partial charge < -0.3 is 15.6 Å². The van der Waals surface area contributed by atoms with Gasteiger partial charge in [0.15, 0.2) is 0 Å². The lowest BCUT2D eigenvalue weighted by Crippen LogP contribution is -2.47. The molecule has 5 rings (SSSR count). The summed E-state index contributed by atoms with van der Waals surface area (Å²) in [6.45, 7) is 5.98. The van der Waals surface area contributed by atoms with Crippen molar-refractivity contribution in [2.75, 3.05) is 49.1 Å². The molecule has 1 saturated heterocycles. The van der Waals surface area contributed by atoms with Crippen molar-refractivity contribution in [2.45, 2.75) is 12.3 Å². The number of halogens is 1. The van der Waals surface area contributed by atoms with Gasteiger partial charge in [-0.05, 0) is 48.9 Å². The number of carbonyl (C=O) groups is 1. The van der Waals surface area contributed by atoms with Crippen LogP contribution in [0.15, 0.2) is 54.7 Å². The average molecular weight is 426 g/mol. The van der Waals surface area contributed by atoms with Gasteiger partial charge in [0, 0.05) is 67.1 Å². The largest absolute Gasteiger partial charge is 0.369 e. The van der Waals surface area contributed by atoms with Crippen LogP contribution in [0, 0.1) is 0 Å². The highest BCUT2D eigenvalue weighted by Gasteiger charge is 2.31. The first-order valence-corrected chi connectivity index (χ1v) is 10.4. The number of nitrogens with two attached hydrogens (primary N) is 1. The predicted octanol–water partition coefficient (Wildman–Crippen LogP) is 3.78. The van der Waals surface area contributed by atoms with E-state index >= 15 is 0 Å². The van der Waals surface area contributed by atoms with E-state index in [1.807, 2.05) is 18.3 Å². The number of urea groups is 1. The van der Waals surface area contributed by atoms with E-state index in [9.17, 15) is 4.79 Å². The maximum absolute atomic E-state index is 11.8. The summed E-state index contributed by atoms with van der Waals surface area (Å²) in [5.74, 6) is 0.368. The molecule has 2 aromatic carbocycles. The molecule has 2 aliphatic heterocycles. The number of anilines is 2. The second-order valence-electron chi connectivity index (χ2n) is 8.07. The summed E-state index contributed by atoms with van der Waals surface area (Å²) in [6, 6.07) is 16.6. The van der Waals surface area contributed by atoms with Crippen LogP contribution in [-0.2, 0) is 0 Å². The first-order valence-electron chi connectivity index (χ1n) is 10.4. The number of primary amides is 1. The van der Waals surface area contributed by atoms with E-state index in [0.29, 0.717) is 12.5 Å². The Morgan fingerprint density at radius 3 is 2.67 bits per heavy atom. The van der Waals surface area contributed by atoms with Crippen molar-refractivity contribution in [1.29, 1.82) is 0 Å². The van der Waals surface area contributed by atoms with Gasteiger partial charge in [0.2, 0.25) is 0 Å². The standard InChI is InChI=1S/C23H27N5O.ClH/c24-23(29)28-16-18(20-3-1-2-4-22(20)28)8-10-26-11-13-27(14-12-26)19-5-6-21-17(15-19)7-9-25-21;/h1-7,9,15,18,25H,8,10-14,16H2,(H2,24,29);1H/t18-;/m1./s1. The van der Waals surface area contributed by atoms with Crippen LogP contribution in [0.1, 0.15) is 17.9 Å². The number of para-hydroxylation sites is 1. The maximum atomic E-state index is 11.8. The van der Waals surface area contributed by atoms with E-state index in [1.165, 1.54) is 22.2 Å². The highest BCUT2D eigenvalue weighted by molar-refractivity contribution is 5.93. The second kappa shape index (κ2) is 8.58. The van der Waals surface area contributed by atoms with Crippen LogP contribution in [-0.4, -0.2) is 55.2 Å². The summed E-state index contributed by atoms with van der Waals surface area (Å²) < 4.78 is 0. The van der Waals surface area contributed by atoms with E-state index in [-0.39, 0.29) is 18.4 Å². The van der Waals surface area contributed by atoms with Gasteiger partial charge in [0.05, 0.1) is 0 Å². The molecule has 0 aliphatic carbocycles. The summed E-state index contributed by atoms with van der Waals surface area (Å²) in [7, 11) is 0. The third-order valence-corrected chi connectivity index (χ3v) is 6.40. The van der Waals surface area contributed by atoms with Crippen LogP contribution >= 0.6 is 12.4 Å². The number of nitrogens with zero attached hydrogens (tertiary/aromatic N) is 3. The molecule has 3 aromatic rings. The normalized spacial score (nSPS) is 19.0. The van der Waals surface area contributed by atoms with Crippen LogP contribution < -0.4 is 15.5 Å². The average Bonchev–Trinajstić information content (AvgIpc) is 3.37. The van der Waals surface area contributed by atoms with Crippen LogP contribution in [0.25, 0.3) is 10.9 Å². The van der Waals surface area contributed by atoms with Gasteiger partial charge >= 0.3 is 6.03 Å². The Labute approximate surface area is 183 Å². The zero-order valence-corrected chi connectivity index (χ0v) is 17.8. The number of fused-ring (bicyclic) bond motifs is 2. The molecular formula is C23H28ClN5O. The smallest absolute Gasteiger partial charge is 0.319 e. The third kappa shape index (κ3) is 3.85. The summed E-state index contributed by atoms with van der Waals surface area (Å²) in [5, 5.41) is 1.27. The molecule has 0 spiro atoms. The lowest BCUT2D eigenvalue weighted by Gasteiger charge is -2.36. The lowest BCUT2D eigenvalue weighted by molar-refractivity contribution is 0.247. The Bertz CT molecular complexity index is 1030. The molecule has 2 aliphatic rings. The summed E-state index contributed by atoms with van der Waals surface area (Å²) in [6.07, 6.45) is 3.04. The number of benzene rings is 2. The zero-order chi connectivity index (χ0) is 19.8. The van der Waals surface area contributed by atoms with Gasteiger partial charge in [0.1, 0.15) is 0 Å². The number of carbonyl (C=O) groups excluding carboxylic acids is 1. The van der Waals surface area contributed by atoms with E-state index in [2.05, 4.69) is 51.2 Å². The Hall–Kier alpha value is -2.70. The number of rotatable bonds is 4. The molecule has 0 saturated carbocycles. The van der Waals surface area contributed by atoms with Gasteiger partial charge in [-0.25, -0.2) is 4.79 Å². The number of hydrogen-bond donors (Lipinski definition) is 2. The quantitative estimate of drug-likeness (QED) is 0.668. The molecule has 0 unspecified atom stereocenters. The first-order chi connectivity index (χ1) is 14.2. The first kappa shape index (κ1) is 20.6. The molecule has 0 bridgehead atoms. The van der Waals surface area contributed by atoms with Crippen LogP contribution in [0.4, 0.5) is 16.2 Å². The Kier molecular flexibility index (Phi) is 5.88. The Morgan fingerprint density at radius 2 is 1.87 bits per heavy atom. The molecule has 1 fully saturated rings. The van der Waals surface area contributed by atoms with E-state index in [0.717, 1.165) is 44.8 Å². The van der Waals surface area contributed by atoms with E-state index in [4.69, 9.17) is 5.73 Å². The number of amides is 2. The second-order valence-corrected chi connectivity index (χ2v) is 8.07. The van der Waals surface area contributed by atoms with Crippen molar-refractivity contribution in [2.24, 2.45) is 5.73 Å². The minimum absolute atomic E-state index is 0.